The minimum atomic E-state index is -3.02. The van der Waals surface area contributed by atoms with Crippen molar-refractivity contribution in [2.75, 3.05) is 39.6 Å². The van der Waals surface area contributed by atoms with Gasteiger partial charge in [0.1, 0.15) is 0 Å². The van der Waals surface area contributed by atoms with Crippen LogP contribution in [0.1, 0.15) is 20.8 Å². The van der Waals surface area contributed by atoms with Gasteiger partial charge in [-0.25, -0.2) is 0 Å². The summed E-state index contributed by atoms with van der Waals surface area (Å²) in [5.74, 6) is 9.13. The Labute approximate surface area is 127 Å². The van der Waals surface area contributed by atoms with Crippen LogP contribution in [0.2, 0.25) is 4.94 Å². The molecule has 0 fully saturated rings. The molecule has 0 aliphatic carbocycles. The first-order valence-corrected chi connectivity index (χ1v) is 14.0. The summed E-state index contributed by atoms with van der Waals surface area (Å²) in [6.45, 7) is 9.22. The first-order valence-electron chi connectivity index (χ1n) is 6.91. The Hall–Kier alpha value is -0.641. The van der Waals surface area contributed by atoms with E-state index >= 15 is 0 Å². The van der Waals surface area contributed by atoms with Crippen molar-refractivity contribution in [3.8, 4) is 29.6 Å². The van der Waals surface area contributed by atoms with Crippen molar-refractivity contribution >= 4 is 18.4 Å². The average Bonchev–Trinajstić information content (AvgIpc) is 2.45. The fraction of sp³-hybridized carbons (Fsp3) is 0.625. The molecule has 0 atom stereocenters. The van der Waals surface area contributed by atoms with Gasteiger partial charge >= 0.3 is 128 Å². The molecule has 0 aromatic rings. The van der Waals surface area contributed by atoms with E-state index in [1.807, 2.05) is 20.8 Å². The van der Waals surface area contributed by atoms with Crippen molar-refractivity contribution in [3.05, 3.63) is 0 Å². The molecule has 110 valence electrons. The first kappa shape index (κ1) is 19.4. The third-order valence-corrected chi connectivity index (χ3v) is 7.94. The molecule has 0 N–H and O–H groups in total. The van der Waals surface area contributed by atoms with Crippen LogP contribution in [0.4, 0.5) is 0 Å². The van der Waals surface area contributed by atoms with E-state index in [0.717, 1.165) is 0 Å². The summed E-state index contributed by atoms with van der Waals surface area (Å²) >= 11 is -3.02. The molecule has 0 amide bonds. The van der Waals surface area contributed by atoms with Gasteiger partial charge in [-0.1, -0.05) is 0 Å². The summed E-state index contributed by atoms with van der Waals surface area (Å²) in [4.78, 5) is 2.10. The fourth-order valence-corrected chi connectivity index (χ4v) is 5.37. The number of hydrogen-bond acceptors (Lipinski definition) is 3. The second kappa shape index (κ2) is 13.3. The van der Waals surface area contributed by atoms with Crippen LogP contribution in [-0.2, 0) is 14.2 Å². The van der Waals surface area contributed by atoms with Crippen molar-refractivity contribution in [1.29, 1.82) is 0 Å². The normalized spacial score (nSPS) is 9.60. The molecule has 0 rings (SSSR count). The zero-order chi connectivity index (χ0) is 15.1. The molecule has 0 unspecified atom stereocenters. The molecule has 20 heavy (non-hydrogen) atoms. The molecular formula is C16H24O3Sn. The minimum absolute atomic E-state index is 0.448. The second-order valence-electron chi connectivity index (χ2n) is 3.94. The van der Waals surface area contributed by atoms with Crippen LogP contribution in [0.3, 0.4) is 0 Å². The first-order chi connectivity index (χ1) is 9.68. The molecule has 3 nitrogen and oxygen atoms in total. The van der Waals surface area contributed by atoms with Gasteiger partial charge in [0.2, 0.25) is 0 Å². The predicted octanol–water partition coefficient (Wildman–Crippen LogP) is 1.80. The summed E-state index contributed by atoms with van der Waals surface area (Å²) < 4.78 is 25.5. The van der Waals surface area contributed by atoms with Crippen LogP contribution in [0.25, 0.3) is 0 Å². The van der Waals surface area contributed by atoms with E-state index in [1.165, 1.54) is 0 Å². The summed E-state index contributed by atoms with van der Waals surface area (Å²) in [5, 5.41) is 0. The monoisotopic (exact) mass is 384 g/mol. The number of ether oxygens (including phenoxy) is 3. The molecule has 0 aliphatic heterocycles. The van der Waals surface area contributed by atoms with Crippen LogP contribution in [-0.4, -0.2) is 58.0 Å². The Morgan fingerprint density at radius 2 is 0.950 bits per heavy atom. The van der Waals surface area contributed by atoms with Gasteiger partial charge in [0.25, 0.3) is 0 Å². The van der Waals surface area contributed by atoms with E-state index in [1.54, 1.807) is 0 Å². The molecule has 0 bridgehead atoms. The predicted molar refractivity (Wildman–Crippen MR) is 84.4 cm³/mol. The van der Waals surface area contributed by atoms with Crippen LogP contribution < -0.4 is 0 Å². The SMILES string of the molecule is CCOCC#[C][Sn]([CH3])([C]#CCOCC)[C]#CCOCC. The van der Waals surface area contributed by atoms with Gasteiger partial charge in [-0.15, -0.1) is 0 Å². The van der Waals surface area contributed by atoms with Gasteiger partial charge in [0.05, 0.1) is 0 Å². The van der Waals surface area contributed by atoms with Gasteiger partial charge in [-0.3, -0.25) is 0 Å². The summed E-state index contributed by atoms with van der Waals surface area (Å²) in [5.41, 5.74) is 0. The van der Waals surface area contributed by atoms with Gasteiger partial charge in [0.15, 0.2) is 0 Å². The van der Waals surface area contributed by atoms with Crippen molar-refractivity contribution < 1.29 is 14.2 Å². The van der Waals surface area contributed by atoms with Crippen molar-refractivity contribution in [2.45, 2.75) is 25.7 Å². The van der Waals surface area contributed by atoms with Crippen molar-refractivity contribution in [2.24, 2.45) is 0 Å². The molecule has 0 saturated carbocycles. The maximum absolute atomic E-state index is 5.23. The van der Waals surface area contributed by atoms with Crippen LogP contribution in [0, 0.1) is 29.6 Å². The van der Waals surface area contributed by atoms with Crippen molar-refractivity contribution in [3.63, 3.8) is 0 Å². The third-order valence-electron chi connectivity index (χ3n) is 2.15. The molecule has 0 heterocycles. The van der Waals surface area contributed by atoms with Crippen LogP contribution in [0.15, 0.2) is 0 Å². The molecule has 0 saturated heterocycles. The third kappa shape index (κ3) is 11.2. The quantitative estimate of drug-likeness (QED) is 0.398. The van der Waals surface area contributed by atoms with Crippen molar-refractivity contribution in [1.82, 2.24) is 0 Å². The van der Waals surface area contributed by atoms with E-state index < -0.39 is 18.4 Å². The molecule has 4 heteroatoms. The number of hydrogen-bond donors (Lipinski definition) is 0. The fourth-order valence-electron chi connectivity index (χ4n) is 1.19. The molecular weight excluding hydrogens is 359 g/mol. The summed E-state index contributed by atoms with van der Waals surface area (Å²) in [7, 11) is 0. The second-order valence-corrected chi connectivity index (χ2v) is 12.5. The van der Waals surface area contributed by atoms with Crippen LogP contribution in [0.5, 0.6) is 0 Å². The van der Waals surface area contributed by atoms with E-state index in [2.05, 4.69) is 34.5 Å². The van der Waals surface area contributed by atoms with E-state index in [9.17, 15) is 0 Å². The molecule has 0 radical (unpaired) electrons. The maximum atomic E-state index is 5.23. The van der Waals surface area contributed by atoms with Gasteiger partial charge < -0.3 is 0 Å². The molecule has 0 spiro atoms. The summed E-state index contributed by atoms with van der Waals surface area (Å²) in [6.07, 6.45) is 0. The van der Waals surface area contributed by atoms with E-state index in [4.69, 9.17) is 14.2 Å². The Balaban J connectivity index is 4.73. The molecule has 0 aromatic carbocycles. The zero-order valence-electron chi connectivity index (χ0n) is 13.0. The Bertz CT molecular complexity index is 361. The Morgan fingerprint density at radius 3 is 1.20 bits per heavy atom. The summed E-state index contributed by atoms with van der Waals surface area (Å²) in [6, 6.07) is 0. The number of rotatable bonds is 6. The zero-order valence-corrected chi connectivity index (χ0v) is 15.8. The molecule has 0 aromatic heterocycles. The van der Waals surface area contributed by atoms with Gasteiger partial charge in [0, 0.05) is 0 Å². The Morgan fingerprint density at radius 1 is 0.650 bits per heavy atom. The van der Waals surface area contributed by atoms with E-state index in [0.29, 0.717) is 39.6 Å². The van der Waals surface area contributed by atoms with Gasteiger partial charge in [-0.05, 0) is 0 Å². The molecule has 0 aliphatic rings. The van der Waals surface area contributed by atoms with E-state index in [-0.39, 0.29) is 0 Å². The average molecular weight is 383 g/mol. The standard InChI is InChI=1S/3C5H7O.CH3.Sn/c3*1-3-5-6-4-2;;/h3*4-5H2,2H3;1H3;. The van der Waals surface area contributed by atoms with Crippen LogP contribution >= 0.6 is 0 Å². The topological polar surface area (TPSA) is 27.7 Å². The Kier molecular flexibility index (Phi) is 12.9. The van der Waals surface area contributed by atoms with Gasteiger partial charge in [-0.2, -0.15) is 0 Å².